The van der Waals surface area contributed by atoms with Gasteiger partial charge < -0.3 is 76.7 Å². The van der Waals surface area contributed by atoms with Crippen LogP contribution >= 0.6 is 0 Å². The van der Waals surface area contributed by atoms with E-state index >= 15 is 0 Å². The van der Waals surface area contributed by atoms with Crippen molar-refractivity contribution in [2.75, 3.05) is 96.5 Å². The first kappa shape index (κ1) is 80.0. The number of nitrogens with zero attached hydrogens (tertiary/aromatic N) is 5. The SMILES string of the molecule is CCCCc1nc2c(N)nc3cc(CCCN4CCN(C(=O)OCc5ccc(NC(=O)[C@H](CCCNC(N)=O)NC(=O)[C@@H](NC(=O)COCCOCCNC(=O)O[C@H]6CC[C@@]7(C)C(=CC[C@H]8[C@@H]9CC[C@H]([C@H](C)CCCC(C)C)[C@@]9(C)CC[C@@H]87)C6)C(C)C)cc5)CC4)ccc3c2n1CC(C)(CO)CO. The Morgan fingerprint density at radius 2 is 1.52 bits per heavy atom. The molecule has 11 N–H and O–H groups in total. The Hall–Kier alpha value is -7.12. The average molecular weight is 1430 g/mol. The summed E-state index contributed by atoms with van der Waals surface area (Å²) in [5, 5.41) is 35.1. The lowest BCUT2D eigenvalue weighted by Crippen LogP contribution is -2.55. The molecule has 3 heterocycles. The van der Waals surface area contributed by atoms with E-state index in [4.69, 9.17) is 40.4 Å². The smallest absolute Gasteiger partial charge is 0.410 e. The van der Waals surface area contributed by atoms with Crippen LogP contribution in [0.3, 0.4) is 0 Å². The van der Waals surface area contributed by atoms with Crippen LogP contribution in [0.15, 0.2) is 54.1 Å². The van der Waals surface area contributed by atoms with Gasteiger partial charge in [-0.1, -0.05) is 124 Å². The van der Waals surface area contributed by atoms with Crippen molar-refractivity contribution in [2.24, 2.45) is 63.4 Å². The molecule has 24 heteroatoms. The number of hydrogen-bond donors (Lipinski definition) is 9. The fourth-order valence-corrected chi connectivity index (χ4v) is 17.6. The first-order valence-electron chi connectivity index (χ1n) is 38.6. The highest BCUT2D eigenvalue weighted by Gasteiger charge is 2.59. The lowest BCUT2D eigenvalue weighted by atomic mass is 9.47. The summed E-state index contributed by atoms with van der Waals surface area (Å²) in [6.45, 7) is 23.8. The van der Waals surface area contributed by atoms with Crippen LogP contribution in [0.1, 0.15) is 182 Å². The zero-order chi connectivity index (χ0) is 74.0. The molecule has 0 unspecified atom stereocenters. The molecule has 1 saturated heterocycles. The molecule has 4 aliphatic carbocycles. The fraction of sp³-hybridized carbons (Fsp3) is 0.696. The number of benzene rings is 2. The zero-order valence-electron chi connectivity index (χ0n) is 63.1. The van der Waals surface area contributed by atoms with Gasteiger partial charge in [-0.2, -0.15) is 0 Å². The van der Waals surface area contributed by atoms with Gasteiger partial charge in [0.1, 0.15) is 42.7 Å². The maximum Gasteiger partial charge on any atom is 0.410 e. The minimum atomic E-state index is -1.06. The number of aliphatic hydroxyl groups excluding tert-OH is 2. The number of anilines is 2. The number of carbonyl (C=O) groups excluding carboxylic acids is 6. The number of carbonyl (C=O) groups is 6. The zero-order valence-corrected chi connectivity index (χ0v) is 63.1. The highest BCUT2D eigenvalue weighted by molar-refractivity contribution is 6.07. The number of piperazine rings is 1. The summed E-state index contributed by atoms with van der Waals surface area (Å²) in [5.41, 5.74) is 17.7. The Bertz CT molecular complexity index is 3520. The number of amides is 7. The number of aryl methyl sites for hydroxylation is 2. The number of pyridine rings is 1. The summed E-state index contributed by atoms with van der Waals surface area (Å²) >= 11 is 0. The molecule has 570 valence electrons. The molecule has 9 rings (SSSR count). The standard InChI is InChI=1S/C79H122N12O12/c1-10-11-19-66-87-69-70(91(66)48-77(7,49-92)50-93)60-26-22-54(44-65(60)85-71(69)80)17-14-36-89-37-39-90(40-38-89)76(99)102-46-55-20-24-57(25-21-55)84-72(95)64(18-13-34-82-74(81)97)86-73(96)68(52(4)5)88-67(94)47-101-43-42-100-41-35-83-75(98)103-58-30-32-78(8)56(45-58)23-27-59-62-29-28-61(53(6)16-12-15-51(2)3)79(62,9)33-31-63(59)78/h20-26,44,51-53,58-59,61-64,68,92-93H,10-19,27-43,45-50H2,1-9H3,(H2,80,85)(H,83,98)(H,84,95)(H,86,96)(H,88,94)(H3,81,82,97)/t53-,58+,59+,61-,62+,63+,64+,68+,78+,79-/m1/s1. The van der Waals surface area contributed by atoms with Crippen LogP contribution < -0.4 is 38.1 Å². The molecule has 2 aromatic carbocycles. The maximum absolute atomic E-state index is 13.8. The maximum atomic E-state index is 13.8. The minimum Gasteiger partial charge on any atom is -0.446 e. The summed E-state index contributed by atoms with van der Waals surface area (Å²) in [4.78, 5) is 92.3. The second-order valence-corrected chi connectivity index (χ2v) is 32.0. The van der Waals surface area contributed by atoms with E-state index in [9.17, 15) is 39.0 Å². The molecule has 4 fully saturated rings. The number of ether oxygens (including phenoxy) is 4. The van der Waals surface area contributed by atoms with Crippen molar-refractivity contribution in [1.82, 2.24) is 45.6 Å². The van der Waals surface area contributed by atoms with E-state index in [1.54, 1.807) is 43.0 Å². The van der Waals surface area contributed by atoms with Gasteiger partial charge in [-0.05, 0) is 165 Å². The predicted molar refractivity (Wildman–Crippen MR) is 400 cm³/mol. The normalized spacial score (nSPS) is 22.9. The molecule has 5 aliphatic rings. The predicted octanol–water partition coefficient (Wildman–Crippen LogP) is 10.6. The van der Waals surface area contributed by atoms with Crippen LogP contribution in [0.25, 0.3) is 21.9 Å². The second kappa shape index (κ2) is 37.2. The van der Waals surface area contributed by atoms with Crippen LogP contribution in [0.5, 0.6) is 0 Å². The fourth-order valence-electron chi connectivity index (χ4n) is 17.6. The van der Waals surface area contributed by atoms with E-state index in [1.807, 2.05) is 6.92 Å². The number of unbranched alkanes of at least 4 members (excludes halogenated alkanes) is 1. The van der Waals surface area contributed by atoms with Crippen LogP contribution in [-0.2, 0) is 59.3 Å². The van der Waals surface area contributed by atoms with E-state index in [0.717, 1.165) is 122 Å². The molecule has 24 nitrogen and oxygen atoms in total. The third-order valence-electron chi connectivity index (χ3n) is 23.6. The van der Waals surface area contributed by atoms with Crippen LogP contribution in [-0.4, -0.2) is 174 Å². The van der Waals surface area contributed by atoms with Gasteiger partial charge in [0.05, 0.1) is 44.1 Å². The molecule has 7 amide bonds. The largest absolute Gasteiger partial charge is 0.446 e. The average Bonchev–Trinajstić information content (AvgIpc) is 1.70. The summed E-state index contributed by atoms with van der Waals surface area (Å²) in [7, 11) is 0. The number of nitrogens with one attached hydrogen (secondary N) is 5. The van der Waals surface area contributed by atoms with E-state index in [-0.39, 0.29) is 83.2 Å². The number of rotatable bonds is 37. The van der Waals surface area contributed by atoms with Crippen molar-refractivity contribution in [3.63, 3.8) is 0 Å². The number of aliphatic hydroxyl groups is 2. The number of primary amides is 1. The van der Waals surface area contributed by atoms with E-state index in [1.165, 1.54) is 50.5 Å². The first-order valence-corrected chi connectivity index (χ1v) is 38.6. The van der Waals surface area contributed by atoms with Gasteiger partial charge in [-0.3, -0.25) is 19.3 Å². The number of fused-ring (bicyclic) bond motifs is 8. The van der Waals surface area contributed by atoms with Crippen LogP contribution in [0.4, 0.5) is 25.9 Å². The van der Waals surface area contributed by atoms with E-state index < -0.39 is 53.4 Å². The van der Waals surface area contributed by atoms with Crippen molar-refractivity contribution >= 4 is 69.4 Å². The quantitative estimate of drug-likeness (QED) is 0.0150. The molecule has 103 heavy (non-hydrogen) atoms. The van der Waals surface area contributed by atoms with Gasteiger partial charge >= 0.3 is 18.2 Å². The first-order chi connectivity index (χ1) is 49.3. The number of nitrogen functional groups attached to an aromatic ring is 1. The van der Waals surface area contributed by atoms with E-state index in [2.05, 4.69) is 102 Å². The van der Waals surface area contributed by atoms with Gasteiger partial charge in [0.15, 0.2) is 5.82 Å². The second-order valence-electron chi connectivity index (χ2n) is 32.0. The number of aromatic nitrogens is 3. The number of alkyl carbamates (subject to hydrolysis) is 1. The molecule has 2 aromatic heterocycles. The van der Waals surface area contributed by atoms with Gasteiger partial charge in [-0.25, -0.2) is 24.4 Å². The van der Waals surface area contributed by atoms with E-state index in [0.29, 0.717) is 73.1 Å². The Balaban J connectivity index is 0.647. The van der Waals surface area contributed by atoms with Crippen molar-refractivity contribution in [2.45, 2.75) is 209 Å². The van der Waals surface area contributed by atoms with Gasteiger partial charge in [-0.15, -0.1) is 0 Å². The topological polar surface area (TPSA) is 329 Å². The molecule has 3 saturated carbocycles. The molecule has 10 atom stereocenters. The summed E-state index contributed by atoms with van der Waals surface area (Å²) in [5.74, 6) is 3.87. The molecule has 0 spiro atoms. The van der Waals surface area contributed by atoms with Crippen molar-refractivity contribution in [1.29, 1.82) is 0 Å². The Morgan fingerprint density at radius 3 is 2.24 bits per heavy atom. The molecular weight excluding hydrogens is 1310 g/mol. The Labute approximate surface area is 610 Å². The number of imidazole rings is 1. The van der Waals surface area contributed by atoms with Crippen molar-refractivity contribution in [3.05, 3.63) is 71.1 Å². The van der Waals surface area contributed by atoms with Gasteiger partial charge in [0.2, 0.25) is 17.7 Å². The molecule has 0 bridgehead atoms. The Morgan fingerprint density at radius 1 is 0.777 bits per heavy atom. The third kappa shape index (κ3) is 20.9. The van der Waals surface area contributed by atoms with Crippen LogP contribution in [0.2, 0.25) is 0 Å². The monoisotopic (exact) mass is 1430 g/mol. The van der Waals surface area contributed by atoms with Crippen molar-refractivity contribution in [3.8, 4) is 0 Å². The highest BCUT2D eigenvalue weighted by Crippen LogP contribution is 2.67. The van der Waals surface area contributed by atoms with Gasteiger partial charge in [0.25, 0.3) is 0 Å². The molecule has 4 aromatic rings. The minimum absolute atomic E-state index is 0.0145. The molecular formula is C79H122N12O12. The summed E-state index contributed by atoms with van der Waals surface area (Å²) in [6.07, 6.45) is 19.7. The summed E-state index contributed by atoms with van der Waals surface area (Å²) in [6, 6.07) is 10.3. The Kier molecular flexibility index (Phi) is 28.9. The lowest BCUT2D eigenvalue weighted by molar-refractivity contribution is -0.134. The number of allylic oxidation sites excluding steroid dienone is 1. The molecule has 1 aliphatic heterocycles. The number of urea groups is 1. The highest BCUT2D eigenvalue weighted by atomic mass is 16.6. The van der Waals surface area contributed by atoms with Gasteiger partial charge in [0, 0.05) is 75.1 Å². The van der Waals surface area contributed by atoms with Crippen LogP contribution in [0, 0.1) is 57.7 Å². The summed E-state index contributed by atoms with van der Waals surface area (Å²) < 4.78 is 25.1. The number of hydrogen-bond acceptors (Lipinski definition) is 16. The molecule has 0 radical (unpaired) electrons. The van der Waals surface area contributed by atoms with Crippen molar-refractivity contribution < 1.29 is 57.9 Å². The third-order valence-corrected chi connectivity index (χ3v) is 23.6. The lowest BCUT2D eigenvalue weighted by Gasteiger charge is -2.58. The number of nitrogens with two attached hydrogens (primary N) is 2.